The van der Waals surface area contributed by atoms with E-state index in [-0.39, 0.29) is 0 Å². The van der Waals surface area contributed by atoms with Gasteiger partial charge in [0.05, 0.1) is 0 Å². The average Bonchev–Trinajstić information content (AvgIpc) is 3.86. The van der Waals surface area contributed by atoms with Crippen molar-refractivity contribution in [2.45, 2.75) is 110 Å². The van der Waals surface area contributed by atoms with Crippen LogP contribution in [0.4, 0.5) is 0 Å². The van der Waals surface area contributed by atoms with Crippen molar-refractivity contribution in [3.05, 3.63) is 0 Å². The summed E-state index contributed by atoms with van der Waals surface area (Å²) in [5.41, 5.74) is 0. The van der Waals surface area contributed by atoms with Gasteiger partial charge in [0.2, 0.25) is 0 Å². The molecule has 8 aliphatic carbocycles. The van der Waals surface area contributed by atoms with Crippen molar-refractivity contribution in [3.63, 3.8) is 0 Å². The van der Waals surface area contributed by atoms with Gasteiger partial charge < -0.3 is 0 Å². The van der Waals surface area contributed by atoms with Crippen molar-refractivity contribution in [3.8, 4) is 0 Å². The first-order valence-electron chi connectivity index (χ1n) is 20.7. The molecule has 27 atom stereocenters. The van der Waals surface area contributed by atoms with E-state index in [0.717, 1.165) is 166 Å². The molecule has 0 saturated heterocycles. The monoisotopic (exact) mass is 603 g/mol. The predicted molar refractivity (Wildman–Crippen MR) is 186 cm³/mol. The highest BCUT2D eigenvalue weighted by Crippen LogP contribution is 2.77. The van der Waals surface area contributed by atoms with Crippen LogP contribution in [0.25, 0.3) is 0 Å². The summed E-state index contributed by atoms with van der Waals surface area (Å²) in [6, 6.07) is 0. The van der Waals surface area contributed by atoms with Crippen molar-refractivity contribution in [2.75, 3.05) is 0 Å². The fourth-order valence-corrected chi connectivity index (χ4v) is 18.4. The zero-order valence-electron chi connectivity index (χ0n) is 31.6. The number of hydrogen-bond donors (Lipinski definition) is 0. The maximum absolute atomic E-state index is 2.80. The second kappa shape index (κ2) is 10.3. The number of rotatable bonds is 3. The average molecular weight is 603 g/mol. The smallest absolute Gasteiger partial charge is 0.0315 e. The van der Waals surface area contributed by atoms with Crippen molar-refractivity contribution >= 4 is 0 Å². The lowest BCUT2D eigenvalue weighted by Crippen LogP contribution is -2.48. The third-order valence-electron chi connectivity index (χ3n) is 21.3. The standard InChI is InChI=1S/C44H74/c1-17-18(2)23(7)35(22(17)6)43-33-16-34(39-27(11)20(4)26(10)38(33)39)44(43)42-29(13)21(5)28(12)41(42)40-30(14)31-15-32(40)37-25(9)19(3)24(8)36(31)37/h17-44H,15-16H2,1-14H3. The second-order valence-corrected chi connectivity index (χ2v) is 20.9. The topological polar surface area (TPSA) is 0 Å². The highest BCUT2D eigenvalue weighted by Gasteiger charge is 2.72. The summed E-state index contributed by atoms with van der Waals surface area (Å²) in [7, 11) is 0. The Morgan fingerprint density at radius 1 is 0.182 bits per heavy atom. The second-order valence-electron chi connectivity index (χ2n) is 20.9. The minimum absolute atomic E-state index is 0.898. The van der Waals surface area contributed by atoms with E-state index in [9.17, 15) is 0 Å². The van der Waals surface area contributed by atoms with Crippen molar-refractivity contribution in [1.82, 2.24) is 0 Å². The molecule has 27 unspecified atom stereocenters. The Hall–Kier alpha value is 0. The molecule has 8 rings (SSSR count). The summed E-state index contributed by atoms with van der Waals surface area (Å²) in [6.07, 6.45) is 3.22. The lowest BCUT2D eigenvalue weighted by molar-refractivity contribution is -0.0534. The van der Waals surface area contributed by atoms with Gasteiger partial charge in [-0.25, -0.2) is 0 Å². The van der Waals surface area contributed by atoms with Crippen molar-refractivity contribution in [1.29, 1.82) is 0 Å². The van der Waals surface area contributed by atoms with Crippen LogP contribution in [0.2, 0.25) is 0 Å². The predicted octanol–water partition coefficient (Wildman–Crippen LogP) is 11.4. The van der Waals surface area contributed by atoms with E-state index in [1.165, 1.54) is 0 Å². The maximum atomic E-state index is 2.80. The van der Waals surface area contributed by atoms with Crippen LogP contribution >= 0.6 is 0 Å². The van der Waals surface area contributed by atoms with Gasteiger partial charge in [-0.3, -0.25) is 0 Å². The van der Waals surface area contributed by atoms with Crippen LogP contribution in [0.15, 0.2) is 0 Å². The van der Waals surface area contributed by atoms with Crippen molar-refractivity contribution in [2.24, 2.45) is 166 Å². The summed E-state index contributed by atoms with van der Waals surface area (Å²) in [6.45, 7) is 37.9. The number of hydrogen-bond acceptors (Lipinski definition) is 0. The van der Waals surface area contributed by atoms with Crippen LogP contribution in [-0.4, -0.2) is 0 Å². The molecule has 0 amide bonds. The largest absolute Gasteiger partial charge is 0.0620 e. The lowest BCUT2D eigenvalue weighted by Gasteiger charge is -2.52. The van der Waals surface area contributed by atoms with Gasteiger partial charge >= 0.3 is 0 Å². The first-order valence-corrected chi connectivity index (χ1v) is 20.7. The minimum Gasteiger partial charge on any atom is -0.0620 e. The molecule has 0 aromatic rings. The van der Waals surface area contributed by atoms with Gasteiger partial charge in [0.15, 0.2) is 0 Å². The molecule has 0 aromatic heterocycles. The first-order chi connectivity index (χ1) is 20.7. The van der Waals surface area contributed by atoms with Gasteiger partial charge in [0.1, 0.15) is 0 Å². The summed E-state index contributed by atoms with van der Waals surface area (Å²) < 4.78 is 0. The normalized spacial score (nSPS) is 70.8. The van der Waals surface area contributed by atoms with Crippen LogP contribution in [0.1, 0.15) is 110 Å². The summed E-state index contributed by atoms with van der Waals surface area (Å²) in [4.78, 5) is 0. The van der Waals surface area contributed by atoms with E-state index in [1.807, 2.05) is 0 Å². The molecule has 8 fully saturated rings. The van der Waals surface area contributed by atoms with Gasteiger partial charge in [-0.05, 0) is 179 Å². The summed E-state index contributed by atoms with van der Waals surface area (Å²) >= 11 is 0. The molecule has 8 saturated carbocycles. The minimum atomic E-state index is 0.898. The van der Waals surface area contributed by atoms with Crippen LogP contribution in [0.5, 0.6) is 0 Å². The Balaban J connectivity index is 1.22. The van der Waals surface area contributed by atoms with Gasteiger partial charge in [0.25, 0.3) is 0 Å². The molecule has 0 nitrogen and oxygen atoms in total. The first kappa shape index (κ1) is 31.3. The molecule has 0 heterocycles. The maximum Gasteiger partial charge on any atom is -0.0315 e. The molecule has 44 heavy (non-hydrogen) atoms. The van der Waals surface area contributed by atoms with E-state index >= 15 is 0 Å². The molecule has 0 aromatic carbocycles. The Bertz CT molecular complexity index is 1090. The lowest BCUT2D eigenvalue weighted by atomic mass is 9.52. The Morgan fingerprint density at radius 3 is 0.841 bits per heavy atom. The van der Waals surface area contributed by atoms with Crippen LogP contribution in [-0.2, 0) is 0 Å². The Morgan fingerprint density at radius 2 is 0.409 bits per heavy atom. The van der Waals surface area contributed by atoms with Gasteiger partial charge in [0, 0.05) is 0 Å². The fraction of sp³-hybridized carbons (Fsp3) is 1.00. The van der Waals surface area contributed by atoms with Crippen molar-refractivity contribution < 1.29 is 0 Å². The molecule has 0 spiro atoms. The Kier molecular flexibility index (Phi) is 7.29. The van der Waals surface area contributed by atoms with E-state index in [4.69, 9.17) is 0 Å². The molecular formula is C44H74. The zero-order chi connectivity index (χ0) is 31.6. The molecule has 0 radical (unpaired) electrons. The molecule has 0 heteroatoms. The molecule has 4 bridgehead atoms. The van der Waals surface area contributed by atoms with E-state index in [1.54, 1.807) is 12.8 Å². The summed E-state index contributed by atoms with van der Waals surface area (Å²) in [5, 5.41) is 0. The molecule has 0 N–H and O–H groups in total. The quantitative estimate of drug-likeness (QED) is 0.301. The third-order valence-corrected chi connectivity index (χ3v) is 21.3. The number of fused-ring (bicyclic) bond motifs is 10. The van der Waals surface area contributed by atoms with Gasteiger partial charge in [-0.15, -0.1) is 0 Å². The zero-order valence-corrected chi connectivity index (χ0v) is 31.6. The highest BCUT2D eigenvalue weighted by molar-refractivity contribution is 5.19. The molecule has 250 valence electrons. The SMILES string of the molecule is CC1C(C)C(C)C(C2C3CC(C4C(C)C(C)C(C)C34)C2C2C(C)C(C)C(C)C2C2C(C)C3CC2C2C(C)C(C)C(C)C32)C1C. The van der Waals surface area contributed by atoms with Gasteiger partial charge in [-0.2, -0.15) is 0 Å². The van der Waals surface area contributed by atoms with Gasteiger partial charge in [-0.1, -0.05) is 96.9 Å². The van der Waals surface area contributed by atoms with Crippen LogP contribution in [0.3, 0.4) is 0 Å². The third kappa shape index (κ3) is 3.60. The van der Waals surface area contributed by atoms with E-state index in [2.05, 4.69) is 96.9 Å². The fourth-order valence-electron chi connectivity index (χ4n) is 18.4. The van der Waals surface area contributed by atoms with E-state index in [0.29, 0.717) is 0 Å². The van der Waals surface area contributed by atoms with E-state index < -0.39 is 0 Å². The molecule has 8 aliphatic rings. The summed E-state index contributed by atoms with van der Waals surface area (Å²) in [5.74, 6) is 27.2. The van der Waals surface area contributed by atoms with Crippen LogP contribution < -0.4 is 0 Å². The van der Waals surface area contributed by atoms with Crippen LogP contribution in [0, 0.1) is 166 Å². The highest BCUT2D eigenvalue weighted by atomic mass is 14.8. The molecular weight excluding hydrogens is 528 g/mol. The molecule has 0 aliphatic heterocycles. The Labute approximate surface area is 274 Å².